The molecule has 0 spiro atoms. The van der Waals surface area contributed by atoms with Crippen molar-refractivity contribution < 1.29 is 18.9 Å². The Morgan fingerprint density at radius 1 is 0.842 bits per heavy atom. The summed E-state index contributed by atoms with van der Waals surface area (Å²) in [5, 5.41) is 25.7. The van der Waals surface area contributed by atoms with Gasteiger partial charge in [0.15, 0.2) is 0 Å². The second kappa shape index (κ2) is 13.5. The topological polar surface area (TPSA) is 97.6 Å². The monoisotopic (exact) mass is 494 g/mol. The first-order valence-corrected chi connectivity index (χ1v) is 12.3. The molecule has 0 bridgehead atoms. The van der Waals surface area contributed by atoms with Crippen LogP contribution in [0.4, 0.5) is 0 Å². The Hall–Kier alpha value is -4.01. The molecule has 0 unspecified atom stereocenters. The smallest absolute Gasteiger partial charge is 0.369 e. The molecule has 0 atom stereocenters. The maximum absolute atomic E-state index is 9.07. The van der Waals surface area contributed by atoms with E-state index < -0.39 is 0 Å². The van der Waals surface area contributed by atoms with Gasteiger partial charge in [-0.05, 0) is 48.1 Å². The van der Waals surface area contributed by atoms with Crippen LogP contribution in [0.2, 0.25) is 0 Å². The summed E-state index contributed by atoms with van der Waals surface area (Å²) in [4.78, 5) is 6.60. The molecule has 8 nitrogen and oxygen atoms in total. The number of rotatable bonds is 11. The van der Waals surface area contributed by atoms with Gasteiger partial charge in [0.2, 0.25) is 0 Å². The predicted octanol–water partition coefficient (Wildman–Crippen LogP) is 1.17. The Kier molecular flexibility index (Phi) is 9.61. The molecule has 0 aliphatic carbocycles. The van der Waals surface area contributed by atoms with Gasteiger partial charge in [-0.3, -0.25) is 4.90 Å². The molecule has 0 fully saturated rings. The molecule has 0 amide bonds. The molecule has 0 radical (unpaired) electrons. The molecule has 0 saturated heterocycles. The standard InChI is InChI=1S/C29H27N8.Li/c30-17-23-11-13-24(14-12-23)18-37-22-33-35-29(37)20-36(19-28-31-21-32-34-28)16-15-27(25-7-3-1-4-8-25)26-9-5-2-6-10-26;/h1-14,21-22,27H,15-16,18-20H2;/q-1;+1. The zero-order chi connectivity index (χ0) is 25.3. The van der Waals surface area contributed by atoms with Gasteiger partial charge in [0.1, 0.15) is 12.2 Å². The van der Waals surface area contributed by atoms with Crippen molar-refractivity contribution in [1.29, 1.82) is 5.26 Å². The van der Waals surface area contributed by atoms with Gasteiger partial charge in [-0.15, -0.1) is 10.2 Å². The molecule has 2 aromatic heterocycles. The van der Waals surface area contributed by atoms with Gasteiger partial charge in [-0.2, -0.15) is 5.26 Å². The maximum Gasteiger partial charge on any atom is 1.00 e. The third-order valence-electron chi connectivity index (χ3n) is 6.43. The van der Waals surface area contributed by atoms with Crippen molar-refractivity contribution in [1.82, 2.24) is 34.8 Å². The minimum absolute atomic E-state index is 0. The summed E-state index contributed by atoms with van der Waals surface area (Å²) < 4.78 is 2.05. The molecular weight excluding hydrogens is 467 g/mol. The summed E-state index contributed by atoms with van der Waals surface area (Å²) in [7, 11) is 0. The molecule has 0 aliphatic heterocycles. The summed E-state index contributed by atoms with van der Waals surface area (Å²) in [6.45, 7) is 2.61. The van der Waals surface area contributed by atoms with Crippen LogP contribution in [0.15, 0.2) is 97.6 Å². The number of benzene rings is 3. The molecule has 5 rings (SSSR count). The fraction of sp³-hybridized carbons (Fsp3) is 0.207. The van der Waals surface area contributed by atoms with E-state index >= 15 is 0 Å². The minimum atomic E-state index is 0. The van der Waals surface area contributed by atoms with Gasteiger partial charge < -0.3 is 19.7 Å². The average Bonchev–Trinajstić information content (AvgIpc) is 3.63. The van der Waals surface area contributed by atoms with Gasteiger partial charge in [0, 0.05) is 18.3 Å². The molecule has 0 saturated carbocycles. The first kappa shape index (κ1) is 27.0. The predicted molar refractivity (Wildman–Crippen MR) is 139 cm³/mol. The summed E-state index contributed by atoms with van der Waals surface area (Å²) in [6, 6.07) is 31.0. The zero-order valence-corrected chi connectivity index (χ0v) is 21.4. The van der Waals surface area contributed by atoms with E-state index in [1.165, 1.54) is 17.5 Å². The zero-order valence-electron chi connectivity index (χ0n) is 21.4. The SMILES string of the molecule is N#Cc1ccc(Cn2cnnc2CN(CCC(c2ccccc2)c2ccccc2)Cc2nnc[n-]2)cc1.[Li+]. The Morgan fingerprint density at radius 2 is 1.53 bits per heavy atom. The van der Waals surface area contributed by atoms with Gasteiger partial charge in [-0.25, -0.2) is 0 Å². The van der Waals surface area contributed by atoms with Crippen molar-refractivity contribution in [2.45, 2.75) is 32.0 Å². The van der Waals surface area contributed by atoms with Crippen LogP contribution in [0.1, 0.15) is 46.2 Å². The van der Waals surface area contributed by atoms with E-state index in [0.29, 0.717) is 31.0 Å². The molecular formula is C29H27LiN8. The molecule has 2 heterocycles. The minimum Gasteiger partial charge on any atom is -0.369 e. The third kappa shape index (κ3) is 7.05. The van der Waals surface area contributed by atoms with E-state index in [0.717, 1.165) is 24.4 Å². The Labute approximate surface area is 234 Å². The van der Waals surface area contributed by atoms with Crippen molar-refractivity contribution >= 4 is 0 Å². The number of nitriles is 1. The molecule has 184 valence electrons. The number of hydrogen-bond acceptors (Lipinski definition) is 6. The van der Waals surface area contributed by atoms with Gasteiger partial charge in [0.05, 0.1) is 24.7 Å². The summed E-state index contributed by atoms with van der Waals surface area (Å²) in [6.07, 6.45) is 4.16. The second-order valence-corrected chi connectivity index (χ2v) is 8.93. The van der Waals surface area contributed by atoms with Crippen LogP contribution in [-0.4, -0.2) is 36.4 Å². The molecule has 5 aromatic rings. The van der Waals surface area contributed by atoms with Crippen molar-refractivity contribution in [2.75, 3.05) is 6.54 Å². The van der Waals surface area contributed by atoms with E-state index in [1.54, 1.807) is 6.33 Å². The van der Waals surface area contributed by atoms with Crippen molar-refractivity contribution in [3.05, 3.63) is 131 Å². The fourth-order valence-corrected chi connectivity index (χ4v) is 4.52. The maximum atomic E-state index is 9.07. The van der Waals surface area contributed by atoms with Crippen molar-refractivity contribution in [2.24, 2.45) is 0 Å². The quantitative estimate of drug-likeness (QED) is 0.254. The molecule has 0 N–H and O–H groups in total. The first-order valence-electron chi connectivity index (χ1n) is 12.3. The number of nitrogens with zero attached hydrogens (tertiary/aromatic N) is 8. The van der Waals surface area contributed by atoms with E-state index in [-0.39, 0.29) is 24.8 Å². The van der Waals surface area contributed by atoms with Crippen molar-refractivity contribution in [3.63, 3.8) is 0 Å². The van der Waals surface area contributed by atoms with Crippen LogP contribution in [-0.2, 0) is 19.6 Å². The van der Waals surface area contributed by atoms with Gasteiger partial charge in [0.25, 0.3) is 0 Å². The van der Waals surface area contributed by atoms with Crippen LogP contribution in [0.5, 0.6) is 0 Å². The van der Waals surface area contributed by atoms with E-state index in [4.69, 9.17) is 5.26 Å². The van der Waals surface area contributed by atoms with Crippen LogP contribution in [0, 0.1) is 11.3 Å². The first-order chi connectivity index (χ1) is 18.3. The Bertz CT molecular complexity index is 1370. The molecule has 0 aliphatic rings. The molecule has 9 heteroatoms. The second-order valence-electron chi connectivity index (χ2n) is 8.93. The van der Waals surface area contributed by atoms with E-state index in [2.05, 4.69) is 97.0 Å². The Balaban J connectivity index is 0.00000336. The van der Waals surface area contributed by atoms with Gasteiger partial charge >= 0.3 is 18.9 Å². The van der Waals surface area contributed by atoms with Crippen LogP contribution in [0.25, 0.3) is 0 Å². The van der Waals surface area contributed by atoms with Crippen molar-refractivity contribution in [3.8, 4) is 6.07 Å². The Morgan fingerprint density at radius 3 is 2.13 bits per heavy atom. The van der Waals surface area contributed by atoms with Crippen LogP contribution >= 0.6 is 0 Å². The van der Waals surface area contributed by atoms with Crippen LogP contribution < -0.4 is 23.8 Å². The summed E-state index contributed by atoms with van der Waals surface area (Å²) in [5.41, 5.74) is 4.32. The van der Waals surface area contributed by atoms with E-state index in [9.17, 15) is 0 Å². The number of aromatic nitrogens is 6. The normalized spacial score (nSPS) is 10.9. The number of hydrogen-bond donors (Lipinski definition) is 0. The largest absolute Gasteiger partial charge is 1.00 e. The average molecular weight is 495 g/mol. The van der Waals surface area contributed by atoms with Crippen LogP contribution in [0.3, 0.4) is 0 Å². The van der Waals surface area contributed by atoms with E-state index in [1.807, 2.05) is 28.8 Å². The van der Waals surface area contributed by atoms with Gasteiger partial charge in [-0.1, -0.05) is 72.8 Å². The summed E-state index contributed by atoms with van der Waals surface area (Å²) >= 11 is 0. The summed E-state index contributed by atoms with van der Waals surface area (Å²) in [5.74, 6) is 1.81. The molecule has 3 aromatic carbocycles. The third-order valence-corrected chi connectivity index (χ3v) is 6.43. The fourth-order valence-electron chi connectivity index (χ4n) is 4.52. The molecule has 38 heavy (non-hydrogen) atoms.